The van der Waals surface area contributed by atoms with Crippen molar-refractivity contribution >= 4 is 5.91 Å². The number of hydrazine groups is 1. The fraction of sp³-hybridized carbons (Fsp3) is 0.364. The Bertz CT molecular complexity index is 348. The van der Waals surface area contributed by atoms with Crippen molar-refractivity contribution in [2.75, 3.05) is 13.1 Å². The maximum atomic E-state index is 11.3. The molecule has 1 aromatic carbocycles. The number of benzene rings is 1. The highest BCUT2D eigenvalue weighted by molar-refractivity contribution is 5.77. The molecule has 2 rings (SSSR count). The van der Waals surface area contributed by atoms with Gasteiger partial charge in [0.1, 0.15) is 5.75 Å². The molecule has 1 saturated heterocycles. The lowest BCUT2D eigenvalue weighted by atomic mass is 10.1. The monoisotopic (exact) mass is 206 g/mol. The molecule has 0 aliphatic carbocycles. The van der Waals surface area contributed by atoms with Crippen LogP contribution >= 0.6 is 0 Å². The number of amides is 1. The molecule has 1 heterocycles. The first kappa shape index (κ1) is 9.98. The van der Waals surface area contributed by atoms with Gasteiger partial charge in [0.25, 0.3) is 0 Å². The standard InChI is InChI=1S/C11H14N2O2/c14-10-3-1-9(2-4-10)6-8-13-11(15)5-7-12-13/h1-4,12,14H,5-8H2. The van der Waals surface area contributed by atoms with Crippen molar-refractivity contribution in [2.24, 2.45) is 0 Å². The zero-order valence-corrected chi connectivity index (χ0v) is 8.44. The SMILES string of the molecule is O=C1CCNN1CCc1ccc(O)cc1. The van der Waals surface area contributed by atoms with E-state index in [2.05, 4.69) is 5.43 Å². The van der Waals surface area contributed by atoms with Gasteiger partial charge in [-0.2, -0.15) is 0 Å². The predicted molar refractivity (Wildman–Crippen MR) is 56.1 cm³/mol. The van der Waals surface area contributed by atoms with Gasteiger partial charge >= 0.3 is 0 Å². The van der Waals surface area contributed by atoms with E-state index in [-0.39, 0.29) is 11.7 Å². The third kappa shape index (κ3) is 2.47. The number of hydrogen-bond donors (Lipinski definition) is 2. The lowest BCUT2D eigenvalue weighted by Crippen LogP contribution is -2.35. The molecule has 0 aromatic heterocycles. The first-order valence-corrected chi connectivity index (χ1v) is 5.07. The summed E-state index contributed by atoms with van der Waals surface area (Å²) in [5.41, 5.74) is 4.14. The lowest BCUT2D eigenvalue weighted by Gasteiger charge is -2.15. The van der Waals surface area contributed by atoms with E-state index in [1.54, 1.807) is 17.1 Å². The Morgan fingerprint density at radius 1 is 1.33 bits per heavy atom. The van der Waals surface area contributed by atoms with Crippen LogP contribution in [0.2, 0.25) is 0 Å². The van der Waals surface area contributed by atoms with E-state index in [1.165, 1.54) is 0 Å². The molecule has 0 radical (unpaired) electrons. The maximum Gasteiger partial charge on any atom is 0.238 e. The molecule has 0 spiro atoms. The van der Waals surface area contributed by atoms with Gasteiger partial charge < -0.3 is 5.11 Å². The summed E-state index contributed by atoms with van der Waals surface area (Å²) in [6.07, 6.45) is 1.40. The highest BCUT2D eigenvalue weighted by Gasteiger charge is 2.18. The van der Waals surface area contributed by atoms with E-state index >= 15 is 0 Å². The summed E-state index contributed by atoms with van der Waals surface area (Å²) in [4.78, 5) is 11.3. The van der Waals surface area contributed by atoms with Gasteiger partial charge in [0, 0.05) is 19.5 Å². The molecule has 1 aliphatic rings. The molecule has 0 atom stereocenters. The number of phenols is 1. The first-order valence-electron chi connectivity index (χ1n) is 5.07. The second-order valence-corrected chi connectivity index (χ2v) is 3.62. The molecule has 0 unspecified atom stereocenters. The number of carbonyl (C=O) groups excluding carboxylic acids is 1. The zero-order valence-electron chi connectivity index (χ0n) is 8.44. The van der Waals surface area contributed by atoms with Gasteiger partial charge in [-0.25, -0.2) is 5.43 Å². The van der Waals surface area contributed by atoms with Gasteiger partial charge in [0.15, 0.2) is 0 Å². The molecule has 0 saturated carbocycles. The van der Waals surface area contributed by atoms with Crippen molar-refractivity contribution < 1.29 is 9.90 Å². The van der Waals surface area contributed by atoms with Gasteiger partial charge in [-0.15, -0.1) is 0 Å². The topological polar surface area (TPSA) is 52.6 Å². The Hall–Kier alpha value is -1.55. The van der Waals surface area contributed by atoms with E-state index < -0.39 is 0 Å². The second-order valence-electron chi connectivity index (χ2n) is 3.62. The molecule has 2 N–H and O–H groups in total. The molecule has 4 heteroatoms. The van der Waals surface area contributed by atoms with Crippen molar-refractivity contribution in [3.63, 3.8) is 0 Å². The molecule has 4 nitrogen and oxygen atoms in total. The molecular formula is C11H14N2O2. The fourth-order valence-electron chi connectivity index (χ4n) is 1.63. The Morgan fingerprint density at radius 3 is 2.67 bits per heavy atom. The van der Waals surface area contributed by atoms with Crippen molar-refractivity contribution in [2.45, 2.75) is 12.8 Å². The van der Waals surface area contributed by atoms with E-state index in [9.17, 15) is 4.79 Å². The molecule has 1 amide bonds. The molecule has 1 aromatic rings. The number of nitrogens with zero attached hydrogens (tertiary/aromatic N) is 1. The minimum atomic E-state index is 0.161. The van der Waals surface area contributed by atoms with Gasteiger partial charge in [0.2, 0.25) is 5.91 Å². The number of hydrogen-bond acceptors (Lipinski definition) is 3. The molecule has 0 bridgehead atoms. The van der Waals surface area contributed by atoms with Crippen LogP contribution in [0.25, 0.3) is 0 Å². The Morgan fingerprint density at radius 2 is 2.07 bits per heavy atom. The molecule has 1 fully saturated rings. The Kier molecular flexibility index (Phi) is 2.87. The predicted octanol–water partition coefficient (Wildman–Crippen LogP) is 0.672. The average molecular weight is 206 g/mol. The molecular weight excluding hydrogens is 192 g/mol. The molecule has 15 heavy (non-hydrogen) atoms. The van der Waals surface area contributed by atoms with Crippen LogP contribution in [0.3, 0.4) is 0 Å². The van der Waals surface area contributed by atoms with Crippen molar-refractivity contribution in [1.82, 2.24) is 10.4 Å². The van der Waals surface area contributed by atoms with Gasteiger partial charge in [-0.1, -0.05) is 12.1 Å². The average Bonchev–Trinajstić information content (AvgIpc) is 2.63. The Balaban J connectivity index is 1.87. The second kappa shape index (κ2) is 4.31. The normalized spacial score (nSPS) is 16.0. The summed E-state index contributed by atoms with van der Waals surface area (Å²) in [7, 11) is 0. The number of nitrogens with one attached hydrogen (secondary N) is 1. The van der Waals surface area contributed by atoms with Crippen LogP contribution in [-0.2, 0) is 11.2 Å². The van der Waals surface area contributed by atoms with E-state index in [0.717, 1.165) is 18.5 Å². The zero-order chi connectivity index (χ0) is 10.7. The lowest BCUT2D eigenvalue weighted by molar-refractivity contribution is -0.129. The van der Waals surface area contributed by atoms with E-state index in [1.807, 2.05) is 12.1 Å². The van der Waals surface area contributed by atoms with Gasteiger partial charge in [0.05, 0.1) is 0 Å². The number of aromatic hydroxyl groups is 1. The minimum absolute atomic E-state index is 0.161. The summed E-state index contributed by atoms with van der Waals surface area (Å²) in [5.74, 6) is 0.433. The highest BCUT2D eigenvalue weighted by atomic mass is 16.3. The number of carbonyl (C=O) groups is 1. The van der Waals surface area contributed by atoms with E-state index in [4.69, 9.17) is 5.11 Å². The van der Waals surface area contributed by atoms with Gasteiger partial charge in [-0.05, 0) is 24.1 Å². The van der Waals surface area contributed by atoms with Crippen LogP contribution in [0, 0.1) is 0 Å². The van der Waals surface area contributed by atoms with E-state index in [0.29, 0.717) is 13.0 Å². The Labute approximate surface area is 88.5 Å². The summed E-state index contributed by atoms with van der Waals surface area (Å²) >= 11 is 0. The van der Waals surface area contributed by atoms with Crippen molar-refractivity contribution in [3.05, 3.63) is 29.8 Å². The van der Waals surface area contributed by atoms with Crippen molar-refractivity contribution in [3.8, 4) is 5.75 Å². The summed E-state index contributed by atoms with van der Waals surface area (Å²) < 4.78 is 0. The number of phenolic OH excluding ortho intramolecular Hbond substituents is 1. The number of rotatable bonds is 3. The highest BCUT2D eigenvalue weighted by Crippen LogP contribution is 2.10. The van der Waals surface area contributed by atoms with Crippen LogP contribution in [-0.4, -0.2) is 29.1 Å². The largest absolute Gasteiger partial charge is 0.508 e. The van der Waals surface area contributed by atoms with Crippen molar-refractivity contribution in [1.29, 1.82) is 0 Å². The van der Waals surface area contributed by atoms with Crippen LogP contribution < -0.4 is 5.43 Å². The molecule has 1 aliphatic heterocycles. The fourth-order valence-corrected chi connectivity index (χ4v) is 1.63. The summed E-state index contributed by atoms with van der Waals surface area (Å²) in [6, 6.07) is 7.06. The van der Waals surface area contributed by atoms with Crippen LogP contribution in [0.15, 0.2) is 24.3 Å². The smallest absolute Gasteiger partial charge is 0.238 e. The van der Waals surface area contributed by atoms with Crippen LogP contribution in [0.5, 0.6) is 5.75 Å². The quantitative estimate of drug-likeness (QED) is 0.764. The minimum Gasteiger partial charge on any atom is -0.508 e. The summed E-state index contributed by atoms with van der Waals surface area (Å²) in [6.45, 7) is 1.43. The van der Waals surface area contributed by atoms with Gasteiger partial charge in [-0.3, -0.25) is 9.80 Å². The summed E-state index contributed by atoms with van der Waals surface area (Å²) in [5, 5.41) is 10.8. The maximum absolute atomic E-state index is 11.3. The molecule has 80 valence electrons. The third-order valence-electron chi connectivity index (χ3n) is 2.50. The van der Waals surface area contributed by atoms with Crippen LogP contribution in [0.1, 0.15) is 12.0 Å². The first-order chi connectivity index (χ1) is 7.25. The third-order valence-corrected chi connectivity index (χ3v) is 2.50. The van der Waals surface area contributed by atoms with Crippen LogP contribution in [0.4, 0.5) is 0 Å².